The molecule has 1 unspecified atom stereocenters. The van der Waals surface area contributed by atoms with Gasteiger partial charge in [0.05, 0.1) is 5.56 Å². The van der Waals surface area contributed by atoms with E-state index in [2.05, 4.69) is 28.4 Å². The molecule has 2 heterocycles. The maximum atomic E-state index is 12.9. The fraction of sp³-hybridized carbons (Fsp3) is 0.455. The van der Waals surface area contributed by atoms with Crippen molar-refractivity contribution in [3.63, 3.8) is 0 Å². The number of carbonyl (C=O) groups excluding carboxylic acids is 2. The Kier molecular flexibility index (Phi) is 8.97. The van der Waals surface area contributed by atoms with Crippen molar-refractivity contribution in [1.82, 2.24) is 15.1 Å². The summed E-state index contributed by atoms with van der Waals surface area (Å²) in [5.41, 5.74) is 1.81. The predicted octanol–water partition coefficient (Wildman–Crippen LogP) is 6.36. The van der Waals surface area contributed by atoms with Gasteiger partial charge in [0, 0.05) is 31.7 Å². The summed E-state index contributed by atoms with van der Waals surface area (Å²) in [5.74, 6) is 0.330. The second kappa shape index (κ2) is 12.6. The van der Waals surface area contributed by atoms with Gasteiger partial charge < -0.3 is 10.2 Å². The van der Waals surface area contributed by atoms with Crippen LogP contribution in [-0.2, 0) is 24.1 Å². The van der Waals surface area contributed by atoms with E-state index >= 15 is 0 Å². The van der Waals surface area contributed by atoms with Crippen molar-refractivity contribution in [3.8, 4) is 0 Å². The fourth-order valence-corrected chi connectivity index (χ4v) is 6.05. The van der Waals surface area contributed by atoms with E-state index in [-0.39, 0.29) is 17.2 Å². The second-order valence-corrected chi connectivity index (χ2v) is 11.7. The third kappa shape index (κ3) is 7.67. The summed E-state index contributed by atoms with van der Waals surface area (Å²) in [6, 6.07) is 12.9. The third-order valence-electron chi connectivity index (χ3n) is 8.78. The lowest BCUT2D eigenvalue weighted by atomic mass is 9.75. The second-order valence-electron chi connectivity index (χ2n) is 11.7. The minimum absolute atomic E-state index is 0.00332. The molecule has 2 aromatic rings. The number of nitrogens with zero attached hydrogens (tertiary/aromatic N) is 2. The van der Waals surface area contributed by atoms with E-state index < -0.39 is 11.7 Å². The van der Waals surface area contributed by atoms with E-state index in [0.29, 0.717) is 37.7 Å². The highest BCUT2D eigenvalue weighted by atomic mass is 19.4. The van der Waals surface area contributed by atoms with Gasteiger partial charge in [-0.1, -0.05) is 42.5 Å². The van der Waals surface area contributed by atoms with Crippen LogP contribution in [0.5, 0.6) is 0 Å². The highest BCUT2D eigenvalue weighted by Crippen LogP contribution is 2.39. The fourth-order valence-electron chi connectivity index (χ4n) is 6.05. The van der Waals surface area contributed by atoms with E-state index in [0.717, 1.165) is 68.5 Å². The quantitative estimate of drug-likeness (QED) is 0.398. The zero-order valence-electron chi connectivity index (χ0n) is 23.3. The molecule has 1 fully saturated rings. The highest BCUT2D eigenvalue weighted by molar-refractivity contribution is 5.94. The number of allylic oxidation sites excluding steroid dienone is 2. The molecule has 0 bridgehead atoms. The maximum Gasteiger partial charge on any atom is 0.416 e. The van der Waals surface area contributed by atoms with Crippen LogP contribution in [-0.4, -0.2) is 47.8 Å². The van der Waals surface area contributed by atoms with Gasteiger partial charge in [-0.15, -0.1) is 0 Å². The summed E-state index contributed by atoms with van der Waals surface area (Å²) in [5, 5.41) is 3.03. The number of benzene rings is 2. The van der Waals surface area contributed by atoms with Crippen LogP contribution in [0.3, 0.4) is 0 Å². The van der Waals surface area contributed by atoms with Gasteiger partial charge in [0.1, 0.15) is 0 Å². The molecule has 5 rings (SSSR count). The van der Waals surface area contributed by atoms with E-state index in [9.17, 15) is 22.8 Å². The molecule has 5 nitrogen and oxygen atoms in total. The number of hydrogen-bond donors (Lipinski definition) is 1. The Bertz CT molecular complexity index is 1260. The Balaban J connectivity index is 1.10. The normalized spacial score (nSPS) is 21.2. The Hall–Kier alpha value is -3.39. The van der Waals surface area contributed by atoms with Crippen molar-refractivity contribution in [2.24, 2.45) is 11.3 Å². The van der Waals surface area contributed by atoms with Gasteiger partial charge in [0.15, 0.2) is 0 Å². The van der Waals surface area contributed by atoms with Gasteiger partial charge in [-0.25, -0.2) is 0 Å². The van der Waals surface area contributed by atoms with E-state index in [4.69, 9.17) is 0 Å². The lowest BCUT2D eigenvalue weighted by Gasteiger charge is -2.40. The minimum atomic E-state index is -4.32. The first-order chi connectivity index (χ1) is 19.7. The standard InChI is InChI=1S/C33H38F3N3O2/c34-33(35,36)29-12-8-26(9-13-29)23-38-19-16-32(17-20-38)15-14-30(40)39(21-18-32)24-27-6-10-28(11-7-27)31(41)37-22-25-4-2-1-3-5-25/h2,4,6-15,25H,1,3,5,16-24H2,(H,37,41). The van der Waals surface area contributed by atoms with Crippen LogP contribution in [0, 0.1) is 11.3 Å². The van der Waals surface area contributed by atoms with Crippen LogP contribution < -0.4 is 5.32 Å². The van der Waals surface area contributed by atoms with Crippen molar-refractivity contribution in [2.75, 3.05) is 26.2 Å². The molecular weight excluding hydrogens is 527 g/mol. The van der Waals surface area contributed by atoms with Gasteiger partial charge in [-0.05, 0) is 104 Å². The van der Waals surface area contributed by atoms with E-state index in [1.165, 1.54) is 6.42 Å². The van der Waals surface area contributed by atoms with Crippen LogP contribution >= 0.6 is 0 Å². The third-order valence-corrected chi connectivity index (χ3v) is 8.78. The molecule has 0 saturated carbocycles. The monoisotopic (exact) mass is 565 g/mol. The summed E-state index contributed by atoms with van der Waals surface area (Å²) in [6.07, 6.45) is 9.94. The first-order valence-corrected chi connectivity index (χ1v) is 14.6. The number of carbonyl (C=O) groups is 2. The van der Waals surface area contributed by atoms with Crippen molar-refractivity contribution in [3.05, 3.63) is 95.1 Å². The number of amides is 2. The molecule has 0 aromatic heterocycles. The van der Waals surface area contributed by atoms with Crippen LogP contribution in [0.15, 0.2) is 72.8 Å². The minimum Gasteiger partial charge on any atom is -0.351 e. The molecule has 2 aliphatic heterocycles. The lowest BCUT2D eigenvalue weighted by Crippen LogP contribution is -2.40. The summed E-state index contributed by atoms with van der Waals surface area (Å²) in [4.78, 5) is 29.7. The highest BCUT2D eigenvalue weighted by Gasteiger charge is 2.35. The van der Waals surface area contributed by atoms with Crippen molar-refractivity contribution in [2.45, 2.75) is 57.8 Å². The number of alkyl halides is 3. The molecule has 1 saturated heterocycles. The number of likely N-dealkylation sites (tertiary alicyclic amines) is 1. The summed E-state index contributed by atoms with van der Waals surface area (Å²) in [7, 11) is 0. The lowest BCUT2D eigenvalue weighted by molar-refractivity contribution is -0.137. The Morgan fingerprint density at radius 1 is 0.927 bits per heavy atom. The Morgan fingerprint density at radius 3 is 2.24 bits per heavy atom. The first kappa shape index (κ1) is 29.1. The molecule has 2 amide bonds. The predicted molar refractivity (Wildman–Crippen MR) is 153 cm³/mol. The van der Waals surface area contributed by atoms with Crippen molar-refractivity contribution < 1.29 is 22.8 Å². The average Bonchev–Trinajstić information content (AvgIpc) is 3.12. The molecule has 2 aromatic carbocycles. The van der Waals surface area contributed by atoms with Crippen molar-refractivity contribution in [1.29, 1.82) is 0 Å². The molecule has 1 atom stereocenters. The van der Waals surface area contributed by atoms with Gasteiger partial charge in [0.25, 0.3) is 5.91 Å². The van der Waals surface area contributed by atoms with E-state index in [1.807, 2.05) is 29.2 Å². The molecule has 218 valence electrons. The molecule has 0 radical (unpaired) electrons. The summed E-state index contributed by atoms with van der Waals surface area (Å²) in [6.45, 7) is 4.09. The van der Waals surface area contributed by atoms with E-state index in [1.54, 1.807) is 18.2 Å². The number of rotatable bonds is 7. The molecule has 41 heavy (non-hydrogen) atoms. The zero-order chi connectivity index (χ0) is 28.9. The van der Waals surface area contributed by atoms with Gasteiger partial charge >= 0.3 is 6.18 Å². The van der Waals surface area contributed by atoms with Gasteiger partial charge in [-0.3, -0.25) is 14.5 Å². The molecule has 1 spiro atoms. The Morgan fingerprint density at radius 2 is 1.59 bits per heavy atom. The van der Waals surface area contributed by atoms with Crippen molar-refractivity contribution >= 4 is 11.8 Å². The van der Waals surface area contributed by atoms with Crippen LogP contribution in [0.4, 0.5) is 13.2 Å². The first-order valence-electron chi connectivity index (χ1n) is 14.6. The number of hydrogen-bond acceptors (Lipinski definition) is 3. The molecule has 8 heteroatoms. The summed E-state index contributed by atoms with van der Waals surface area (Å²) >= 11 is 0. The maximum absolute atomic E-state index is 12.9. The zero-order valence-corrected chi connectivity index (χ0v) is 23.3. The van der Waals surface area contributed by atoms with Gasteiger partial charge in [-0.2, -0.15) is 13.2 Å². The SMILES string of the molecule is O=C(NCC1C=CCCC1)c1ccc(CN2CCC3(C=CC2=O)CCN(Cc2ccc(C(F)(F)F)cc2)CC3)cc1. The topological polar surface area (TPSA) is 52.7 Å². The largest absolute Gasteiger partial charge is 0.416 e. The Labute approximate surface area is 240 Å². The van der Waals surface area contributed by atoms with Crippen LogP contribution in [0.25, 0.3) is 0 Å². The molecule has 3 aliphatic rings. The van der Waals surface area contributed by atoms with Crippen LogP contribution in [0.1, 0.15) is 65.6 Å². The number of halogens is 3. The van der Waals surface area contributed by atoms with Gasteiger partial charge in [0.2, 0.25) is 5.91 Å². The smallest absolute Gasteiger partial charge is 0.351 e. The number of nitrogens with one attached hydrogen (secondary N) is 1. The molecule has 1 aliphatic carbocycles. The summed E-state index contributed by atoms with van der Waals surface area (Å²) < 4.78 is 38.6. The average molecular weight is 566 g/mol. The molecular formula is C33H38F3N3O2. The van der Waals surface area contributed by atoms with Crippen LogP contribution in [0.2, 0.25) is 0 Å². The number of piperidine rings is 1. The molecule has 1 N–H and O–H groups in total.